The smallest absolute Gasteiger partial charge is 0.242 e. The van der Waals surface area contributed by atoms with Crippen LogP contribution in [0.1, 0.15) is 62.1 Å². The summed E-state index contributed by atoms with van der Waals surface area (Å²) in [5, 5.41) is 2.09. The fourth-order valence-electron chi connectivity index (χ4n) is 4.28. The van der Waals surface area contributed by atoms with Crippen LogP contribution in [0.3, 0.4) is 0 Å². The summed E-state index contributed by atoms with van der Waals surface area (Å²) in [6.45, 7) is 10.3. The molecule has 2 amide bonds. The number of fused-ring (bicyclic) bond motifs is 1. The van der Waals surface area contributed by atoms with Gasteiger partial charge in [0.25, 0.3) is 0 Å². The number of amides is 2. The van der Waals surface area contributed by atoms with Crippen molar-refractivity contribution in [3.63, 3.8) is 0 Å². The van der Waals surface area contributed by atoms with E-state index in [-0.39, 0.29) is 30.3 Å². The molecule has 0 aliphatic carbocycles. The first kappa shape index (κ1) is 26.2. The van der Waals surface area contributed by atoms with Crippen LogP contribution in [-0.2, 0) is 20.7 Å². The predicted molar refractivity (Wildman–Crippen MR) is 136 cm³/mol. The molecule has 7 heteroatoms. The van der Waals surface area contributed by atoms with E-state index in [0.717, 1.165) is 17.7 Å². The Morgan fingerprint density at radius 3 is 2.53 bits per heavy atom. The number of rotatable bonds is 11. The molecule has 0 bridgehead atoms. The van der Waals surface area contributed by atoms with E-state index in [2.05, 4.69) is 37.4 Å². The van der Waals surface area contributed by atoms with Crippen LogP contribution in [-0.4, -0.2) is 61.6 Å². The minimum atomic E-state index is -0.165. The van der Waals surface area contributed by atoms with Gasteiger partial charge in [0.2, 0.25) is 11.8 Å². The SMILES string of the molecule is COCCCN(CC(=O)N1CCc2sccc2[C@@H]1COc1ccc(C(C)C)cc1)C(=O)C(C)C. The van der Waals surface area contributed by atoms with Crippen molar-refractivity contribution in [2.45, 2.75) is 52.5 Å². The maximum Gasteiger partial charge on any atom is 0.242 e. The molecule has 1 aromatic carbocycles. The Morgan fingerprint density at radius 1 is 1.15 bits per heavy atom. The van der Waals surface area contributed by atoms with Gasteiger partial charge in [0, 0.05) is 37.6 Å². The van der Waals surface area contributed by atoms with Gasteiger partial charge in [-0.25, -0.2) is 0 Å². The normalized spacial score (nSPS) is 15.5. The number of hydrogen-bond acceptors (Lipinski definition) is 5. The maximum atomic E-state index is 13.5. The molecule has 1 aromatic heterocycles. The minimum absolute atomic E-state index is 0.00396. The van der Waals surface area contributed by atoms with E-state index in [9.17, 15) is 9.59 Å². The van der Waals surface area contributed by atoms with Gasteiger partial charge >= 0.3 is 0 Å². The zero-order valence-corrected chi connectivity index (χ0v) is 21.9. The van der Waals surface area contributed by atoms with Gasteiger partial charge in [-0.3, -0.25) is 9.59 Å². The van der Waals surface area contributed by atoms with Crippen LogP contribution in [0.25, 0.3) is 0 Å². The molecule has 0 N–H and O–H groups in total. The second-order valence-electron chi connectivity index (χ2n) is 9.45. The van der Waals surface area contributed by atoms with Gasteiger partial charge in [-0.2, -0.15) is 0 Å². The van der Waals surface area contributed by atoms with Gasteiger partial charge in [-0.1, -0.05) is 39.8 Å². The molecule has 0 spiro atoms. The number of nitrogens with zero attached hydrogens (tertiary/aromatic N) is 2. The number of carbonyl (C=O) groups excluding carboxylic acids is 2. The molecule has 0 radical (unpaired) electrons. The number of hydrogen-bond donors (Lipinski definition) is 0. The summed E-state index contributed by atoms with van der Waals surface area (Å²) in [5.41, 5.74) is 2.43. The van der Waals surface area contributed by atoms with Crippen LogP contribution in [0.4, 0.5) is 0 Å². The molecular formula is C27H38N2O4S. The first-order chi connectivity index (χ1) is 16.3. The Labute approximate surface area is 207 Å². The van der Waals surface area contributed by atoms with Crippen LogP contribution in [0.15, 0.2) is 35.7 Å². The lowest BCUT2D eigenvalue weighted by Crippen LogP contribution is -2.48. The van der Waals surface area contributed by atoms with Crippen molar-refractivity contribution in [3.8, 4) is 5.75 Å². The van der Waals surface area contributed by atoms with E-state index >= 15 is 0 Å². The van der Waals surface area contributed by atoms with Gasteiger partial charge in [0.05, 0.1) is 12.6 Å². The third-order valence-electron chi connectivity index (χ3n) is 6.28. The molecule has 2 aromatic rings. The molecule has 0 fully saturated rings. The van der Waals surface area contributed by atoms with Crippen molar-refractivity contribution >= 4 is 23.2 Å². The van der Waals surface area contributed by atoms with E-state index < -0.39 is 0 Å². The van der Waals surface area contributed by atoms with Gasteiger partial charge in [0.15, 0.2) is 0 Å². The minimum Gasteiger partial charge on any atom is -0.491 e. The topological polar surface area (TPSA) is 59.1 Å². The maximum absolute atomic E-state index is 13.5. The average Bonchev–Trinajstić information content (AvgIpc) is 3.30. The Kier molecular flexibility index (Phi) is 9.54. The highest BCUT2D eigenvalue weighted by Crippen LogP contribution is 2.34. The van der Waals surface area contributed by atoms with Crippen LogP contribution < -0.4 is 4.74 Å². The summed E-state index contributed by atoms with van der Waals surface area (Å²) in [5.74, 6) is 1.07. The van der Waals surface area contributed by atoms with E-state index in [1.807, 2.05) is 30.9 Å². The van der Waals surface area contributed by atoms with E-state index in [1.165, 1.54) is 10.4 Å². The Balaban J connectivity index is 1.73. The van der Waals surface area contributed by atoms with Crippen molar-refractivity contribution < 1.29 is 19.1 Å². The van der Waals surface area contributed by atoms with E-state index in [1.54, 1.807) is 23.3 Å². The fraction of sp³-hybridized carbons (Fsp3) is 0.556. The molecule has 0 unspecified atom stereocenters. The molecule has 2 heterocycles. The van der Waals surface area contributed by atoms with Crippen molar-refractivity contribution in [1.29, 1.82) is 0 Å². The number of ether oxygens (including phenoxy) is 2. The molecule has 3 rings (SSSR count). The third kappa shape index (κ3) is 6.60. The van der Waals surface area contributed by atoms with E-state index in [4.69, 9.17) is 9.47 Å². The molecule has 1 atom stereocenters. The molecule has 0 saturated heterocycles. The first-order valence-corrected chi connectivity index (χ1v) is 13.1. The van der Waals surface area contributed by atoms with Crippen molar-refractivity contribution in [1.82, 2.24) is 9.80 Å². The summed E-state index contributed by atoms with van der Waals surface area (Å²) >= 11 is 1.73. The predicted octanol–water partition coefficient (Wildman–Crippen LogP) is 4.90. The van der Waals surface area contributed by atoms with Crippen LogP contribution in [0.5, 0.6) is 5.75 Å². The zero-order chi connectivity index (χ0) is 24.7. The van der Waals surface area contributed by atoms with Gasteiger partial charge < -0.3 is 19.3 Å². The number of methoxy groups -OCH3 is 1. The number of thiophene rings is 1. The summed E-state index contributed by atoms with van der Waals surface area (Å²) in [4.78, 5) is 31.1. The second kappa shape index (κ2) is 12.4. The fourth-order valence-corrected chi connectivity index (χ4v) is 5.21. The molecule has 186 valence electrons. The lowest BCUT2D eigenvalue weighted by atomic mass is 10.00. The Hall–Kier alpha value is -2.38. The Bertz CT molecular complexity index is 938. The highest BCUT2D eigenvalue weighted by Gasteiger charge is 2.33. The standard InChI is InChI=1S/C27H38N2O4S/c1-19(2)21-7-9-22(10-8-21)33-18-24-23-12-16-34-25(23)11-14-29(24)26(30)17-28(13-6-15-32-5)27(31)20(3)4/h7-10,12,16,19-20,24H,6,11,13-15,17-18H2,1-5H3/t24-/m0/s1. The highest BCUT2D eigenvalue weighted by molar-refractivity contribution is 7.10. The van der Waals surface area contributed by atoms with Crippen molar-refractivity contribution in [3.05, 3.63) is 51.7 Å². The number of carbonyl (C=O) groups is 2. The van der Waals surface area contributed by atoms with Crippen LogP contribution >= 0.6 is 11.3 Å². The van der Waals surface area contributed by atoms with Gasteiger partial charge in [-0.05, 0) is 53.5 Å². The van der Waals surface area contributed by atoms with Crippen LogP contribution in [0.2, 0.25) is 0 Å². The van der Waals surface area contributed by atoms with Gasteiger partial charge in [-0.15, -0.1) is 11.3 Å². The average molecular weight is 487 g/mol. The van der Waals surface area contributed by atoms with Gasteiger partial charge in [0.1, 0.15) is 12.4 Å². The molecule has 1 aliphatic rings. The first-order valence-electron chi connectivity index (χ1n) is 12.2. The van der Waals surface area contributed by atoms with Crippen LogP contribution in [0, 0.1) is 5.92 Å². The lowest BCUT2D eigenvalue weighted by molar-refractivity contribution is -0.144. The summed E-state index contributed by atoms with van der Waals surface area (Å²) in [6, 6.07) is 10.1. The molecule has 1 aliphatic heterocycles. The molecule has 0 saturated carbocycles. The quantitative estimate of drug-likeness (QED) is 0.424. The van der Waals surface area contributed by atoms with E-state index in [0.29, 0.717) is 38.6 Å². The second-order valence-corrected chi connectivity index (χ2v) is 10.4. The van der Waals surface area contributed by atoms with Crippen molar-refractivity contribution in [2.75, 3.05) is 40.0 Å². The summed E-state index contributed by atoms with van der Waals surface area (Å²) in [7, 11) is 1.65. The molecular weight excluding hydrogens is 448 g/mol. The molecule has 6 nitrogen and oxygen atoms in total. The Morgan fingerprint density at radius 2 is 1.88 bits per heavy atom. The lowest BCUT2D eigenvalue weighted by Gasteiger charge is -2.37. The van der Waals surface area contributed by atoms with Crippen molar-refractivity contribution in [2.24, 2.45) is 5.92 Å². The largest absolute Gasteiger partial charge is 0.491 e. The highest BCUT2D eigenvalue weighted by atomic mass is 32.1. The number of benzene rings is 1. The monoisotopic (exact) mass is 486 g/mol. The molecule has 34 heavy (non-hydrogen) atoms. The summed E-state index contributed by atoms with van der Waals surface area (Å²) < 4.78 is 11.3. The zero-order valence-electron chi connectivity index (χ0n) is 21.1. The third-order valence-corrected chi connectivity index (χ3v) is 7.27. The summed E-state index contributed by atoms with van der Waals surface area (Å²) in [6.07, 6.45) is 1.54.